The molecule has 0 heterocycles. The van der Waals surface area contributed by atoms with Gasteiger partial charge in [-0.15, -0.1) is 0 Å². The minimum Gasteiger partial charge on any atom is -0.435 e. The maximum Gasteiger partial charge on any atom is 0.310 e. The van der Waals surface area contributed by atoms with Gasteiger partial charge in [0.25, 0.3) is 0 Å². The molecule has 2 nitrogen and oxygen atoms in total. The van der Waals surface area contributed by atoms with Crippen LogP contribution in [0.15, 0.2) is 12.3 Å². The molecule has 0 N–H and O–H groups in total. The molecule has 0 saturated heterocycles. The molecule has 0 saturated carbocycles. The molecule has 2 heteroatoms. The molecule has 0 aromatic rings. The fraction of sp³-hybridized carbons (Fsp3) is 0.857. The number of carbonyl (C=O) groups is 1. The predicted octanol–water partition coefficient (Wildman–Crippen LogP) is 7.32. The molecule has 0 bridgehead atoms. The van der Waals surface area contributed by atoms with E-state index in [0.717, 1.165) is 12.8 Å². The minimum absolute atomic E-state index is 0.0993. The van der Waals surface area contributed by atoms with Crippen LogP contribution in [0.1, 0.15) is 117 Å². The molecule has 0 aliphatic heterocycles. The Bertz CT molecular complexity index is 271. The van der Waals surface area contributed by atoms with E-state index in [2.05, 4.69) is 6.92 Å². The van der Waals surface area contributed by atoms with Gasteiger partial charge >= 0.3 is 5.97 Å². The van der Waals surface area contributed by atoms with Gasteiger partial charge in [0.1, 0.15) is 0 Å². The number of hydrogen-bond acceptors (Lipinski definition) is 2. The molecule has 0 unspecified atom stereocenters. The zero-order valence-corrected chi connectivity index (χ0v) is 15.8. The standard InChI is InChI=1S/C21H40O2/c1-3-5-6-7-8-9-10-11-12-13-14-15-16-17-18-19-21(22)23-20-4-2/h4,20H,3,5-19H2,1-2H3/b20-4-. The summed E-state index contributed by atoms with van der Waals surface area (Å²) in [5.41, 5.74) is 0. The lowest BCUT2D eigenvalue weighted by Crippen LogP contribution is -1.98. The van der Waals surface area contributed by atoms with Gasteiger partial charge < -0.3 is 4.74 Å². The van der Waals surface area contributed by atoms with Gasteiger partial charge in [-0.25, -0.2) is 0 Å². The van der Waals surface area contributed by atoms with E-state index in [1.165, 1.54) is 89.7 Å². The molecule has 0 amide bonds. The topological polar surface area (TPSA) is 26.3 Å². The molecule has 0 atom stereocenters. The van der Waals surface area contributed by atoms with Crippen LogP contribution in [0.25, 0.3) is 0 Å². The smallest absolute Gasteiger partial charge is 0.310 e. The van der Waals surface area contributed by atoms with E-state index in [4.69, 9.17) is 4.74 Å². The van der Waals surface area contributed by atoms with Gasteiger partial charge in [0.2, 0.25) is 0 Å². The van der Waals surface area contributed by atoms with Crippen molar-refractivity contribution in [2.75, 3.05) is 0 Å². The minimum atomic E-state index is -0.0993. The van der Waals surface area contributed by atoms with E-state index >= 15 is 0 Å². The highest BCUT2D eigenvalue weighted by molar-refractivity contribution is 5.69. The van der Waals surface area contributed by atoms with Crippen LogP contribution >= 0.6 is 0 Å². The fourth-order valence-electron chi connectivity index (χ4n) is 2.84. The van der Waals surface area contributed by atoms with Crippen molar-refractivity contribution in [3.05, 3.63) is 12.3 Å². The molecule has 0 fully saturated rings. The van der Waals surface area contributed by atoms with Crippen molar-refractivity contribution in [1.82, 2.24) is 0 Å². The van der Waals surface area contributed by atoms with E-state index in [1.807, 2.05) is 6.92 Å². The Morgan fingerprint density at radius 3 is 1.48 bits per heavy atom. The van der Waals surface area contributed by atoms with E-state index in [9.17, 15) is 4.79 Å². The SMILES string of the molecule is C/C=C\OC(=O)CCCCCCCCCCCCCCCCC. The predicted molar refractivity (Wildman–Crippen MR) is 100 cm³/mol. The quantitative estimate of drug-likeness (QED) is 0.159. The van der Waals surface area contributed by atoms with E-state index in [-0.39, 0.29) is 5.97 Å². The Morgan fingerprint density at radius 1 is 0.696 bits per heavy atom. The number of hydrogen-bond donors (Lipinski definition) is 0. The van der Waals surface area contributed by atoms with E-state index in [0.29, 0.717) is 6.42 Å². The van der Waals surface area contributed by atoms with Crippen LogP contribution in [0.3, 0.4) is 0 Å². The van der Waals surface area contributed by atoms with Crippen LogP contribution in [0.5, 0.6) is 0 Å². The van der Waals surface area contributed by atoms with Gasteiger partial charge in [0, 0.05) is 6.42 Å². The normalized spacial score (nSPS) is 11.2. The summed E-state index contributed by atoms with van der Waals surface area (Å²) in [6.45, 7) is 4.13. The molecule has 0 aliphatic carbocycles. The van der Waals surface area contributed by atoms with Crippen LogP contribution in [0.2, 0.25) is 0 Å². The second-order valence-corrected chi connectivity index (χ2v) is 6.66. The molecule has 136 valence electrons. The van der Waals surface area contributed by atoms with Crippen molar-refractivity contribution >= 4 is 5.97 Å². The zero-order chi connectivity index (χ0) is 17.0. The van der Waals surface area contributed by atoms with Crippen molar-refractivity contribution < 1.29 is 9.53 Å². The first-order valence-electron chi connectivity index (χ1n) is 10.1. The van der Waals surface area contributed by atoms with Crippen molar-refractivity contribution in [1.29, 1.82) is 0 Å². The highest BCUT2D eigenvalue weighted by Gasteiger charge is 2.00. The highest BCUT2D eigenvalue weighted by Crippen LogP contribution is 2.13. The summed E-state index contributed by atoms with van der Waals surface area (Å²) in [5, 5.41) is 0. The first kappa shape index (κ1) is 22.2. The second kappa shape index (κ2) is 19.3. The summed E-state index contributed by atoms with van der Waals surface area (Å²) in [6, 6.07) is 0. The van der Waals surface area contributed by atoms with Crippen LogP contribution in [-0.2, 0) is 9.53 Å². The average molecular weight is 325 g/mol. The largest absolute Gasteiger partial charge is 0.435 e. The number of allylic oxidation sites excluding steroid dienone is 1. The number of ether oxygens (including phenoxy) is 1. The van der Waals surface area contributed by atoms with Gasteiger partial charge in [-0.3, -0.25) is 4.79 Å². The molecular formula is C21H40O2. The molecule has 0 aromatic carbocycles. The Balaban J connectivity index is 3.06. The lowest BCUT2D eigenvalue weighted by molar-refractivity contribution is -0.138. The lowest BCUT2D eigenvalue weighted by Gasteiger charge is -2.03. The molecule has 0 spiro atoms. The Kier molecular flexibility index (Phi) is 18.6. The van der Waals surface area contributed by atoms with Crippen molar-refractivity contribution in [3.8, 4) is 0 Å². The van der Waals surface area contributed by atoms with Gasteiger partial charge in [-0.1, -0.05) is 103 Å². The van der Waals surface area contributed by atoms with Crippen LogP contribution in [0.4, 0.5) is 0 Å². The summed E-state index contributed by atoms with van der Waals surface area (Å²) in [7, 11) is 0. The number of esters is 1. The number of unbranched alkanes of at least 4 members (excludes halogenated alkanes) is 14. The average Bonchev–Trinajstić information content (AvgIpc) is 2.56. The molecule has 0 aliphatic rings. The summed E-state index contributed by atoms with van der Waals surface area (Å²) < 4.78 is 4.89. The number of carbonyl (C=O) groups excluding carboxylic acids is 1. The molecule has 0 radical (unpaired) electrons. The summed E-state index contributed by atoms with van der Waals surface area (Å²) in [6.07, 6.45) is 24.0. The van der Waals surface area contributed by atoms with Crippen LogP contribution in [-0.4, -0.2) is 5.97 Å². The molecular weight excluding hydrogens is 284 g/mol. The fourth-order valence-corrected chi connectivity index (χ4v) is 2.84. The Labute approximate surface area is 145 Å². The van der Waals surface area contributed by atoms with Gasteiger partial charge in [0.15, 0.2) is 0 Å². The van der Waals surface area contributed by atoms with Crippen LogP contribution < -0.4 is 0 Å². The lowest BCUT2D eigenvalue weighted by atomic mass is 10.0. The van der Waals surface area contributed by atoms with Crippen LogP contribution in [0, 0.1) is 0 Å². The summed E-state index contributed by atoms with van der Waals surface area (Å²) >= 11 is 0. The second-order valence-electron chi connectivity index (χ2n) is 6.66. The van der Waals surface area contributed by atoms with E-state index in [1.54, 1.807) is 6.08 Å². The van der Waals surface area contributed by atoms with Gasteiger partial charge in [-0.05, 0) is 13.3 Å². The summed E-state index contributed by atoms with van der Waals surface area (Å²) in [4.78, 5) is 11.3. The van der Waals surface area contributed by atoms with E-state index < -0.39 is 0 Å². The third-order valence-corrected chi connectivity index (χ3v) is 4.32. The first-order valence-corrected chi connectivity index (χ1v) is 10.1. The molecule has 0 aromatic heterocycles. The monoisotopic (exact) mass is 324 g/mol. The summed E-state index contributed by atoms with van der Waals surface area (Å²) in [5.74, 6) is -0.0993. The maximum absolute atomic E-state index is 11.3. The van der Waals surface area contributed by atoms with Crippen molar-refractivity contribution in [2.45, 2.75) is 117 Å². The highest BCUT2D eigenvalue weighted by atomic mass is 16.5. The Morgan fingerprint density at radius 2 is 1.09 bits per heavy atom. The van der Waals surface area contributed by atoms with Crippen molar-refractivity contribution in [3.63, 3.8) is 0 Å². The van der Waals surface area contributed by atoms with Gasteiger partial charge in [-0.2, -0.15) is 0 Å². The third kappa shape index (κ3) is 19.2. The first-order chi connectivity index (χ1) is 11.3. The van der Waals surface area contributed by atoms with Crippen molar-refractivity contribution in [2.24, 2.45) is 0 Å². The third-order valence-electron chi connectivity index (χ3n) is 4.32. The van der Waals surface area contributed by atoms with Gasteiger partial charge in [0.05, 0.1) is 6.26 Å². The molecule has 0 rings (SSSR count). The Hall–Kier alpha value is -0.790. The zero-order valence-electron chi connectivity index (χ0n) is 15.8. The molecule has 23 heavy (non-hydrogen) atoms. The maximum atomic E-state index is 11.3. The number of rotatable bonds is 17.